The first-order valence-electron chi connectivity index (χ1n) is 8.96. The van der Waals surface area contributed by atoms with Crippen LogP contribution in [-0.2, 0) is 9.53 Å². The lowest BCUT2D eigenvalue weighted by molar-refractivity contribution is -0.127. The number of aromatic nitrogens is 1. The van der Waals surface area contributed by atoms with E-state index in [-0.39, 0.29) is 11.8 Å². The summed E-state index contributed by atoms with van der Waals surface area (Å²) in [6, 6.07) is 6.51. The number of nitrogens with one attached hydrogen (secondary N) is 1. The van der Waals surface area contributed by atoms with Crippen LogP contribution in [0.1, 0.15) is 25.7 Å². The van der Waals surface area contributed by atoms with Crippen molar-refractivity contribution >= 4 is 17.7 Å². The van der Waals surface area contributed by atoms with Crippen molar-refractivity contribution < 1.29 is 9.53 Å². The molecule has 0 aromatic carbocycles. The molecule has 0 unspecified atom stereocenters. The zero-order valence-corrected chi connectivity index (χ0v) is 15.0. The Labute approximate surface area is 148 Å². The molecule has 2 saturated heterocycles. The van der Waals surface area contributed by atoms with Crippen LogP contribution in [0.25, 0.3) is 0 Å². The van der Waals surface area contributed by atoms with E-state index < -0.39 is 0 Å². The van der Waals surface area contributed by atoms with Gasteiger partial charge in [0.15, 0.2) is 0 Å². The number of rotatable bonds is 6. The van der Waals surface area contributed by atoms with E-state index in [1.54, 1.807) is 18.0 Å². The van der Waals surface area contributed by atoms with Gasteiger partial charge in [-0.2, -0.15) is 0 Å². The third kappa shape index (κ3) is 5.19. The highest BCUT2D eigenvalue weighted by molar-refractivity contribution is 7.99. The molecule has 1 aromatic rings. The number of ether oxygens (including phenoxy) is 1. The molecule has 0 radical (unpaired) electrons. The summed E-state index contributed by atoms with van der Waals surface area (Å²) in [5, 5.41) is 4.12. The fourth-order valence-corrected chi connectivity index (χ4v) is 4.23. The summed E-state index contributed by atoms with van der Waals surface area (Å²) < 4.78 is 5.45. The molecule has 24 heavy (non-hydrogen) atoms. The van der Waals surface area contributed by atoms with Gasteiger partial charge < -0.3 is 10.1 Å². The van der Waals surface area contributed by atoms with Crippen molar-refractivity contribution in [2.24, 2.45) is 5.92 Å². The third-order valence-electron chi connectivity index (χ3n) is 4.82. The van der Waals surface area contributed by atoms with E-state index in [1.165, 1.54) is 0 Å². The van der Waals surface area contributed by atoms with Crippen molar-refractivity contribution in [3.8, 4) is 0 Å². The standard InChI is InChI=1S/C18H27N3O2S/c22-18(20-9-13-24-17-5-1-2-8-19-17)15-4-3-10-21(14-15)16-6-11-23-12-7-16/h1-2,5,8,15-16H,3-4,6-7,9-14H2,(H,20,22)/t15-/m1/s1. The maximum Gasteiger partial charge on any atom is 0.224 e. The van der Waals surface area contributed by atoms with Gasteiger partial charge in [-0.25, -0.2) is 4.98 Å². The van der Waals surface area contributed by atoms with Crippen molar-refractivity contribution in [1.29, 1.82) is 0 Å². The zero-order chi connectivity index (χ0) is 16.6. The summed E-state index contributed by atoms with van der Waals surface area (Å²) in [6.45, 7) is 4.47. The Hall–Kier alpha value is -1.11. The Bertz CT molecular complexity index is 508. The van der Waals surface area contributed by atoms with E-state index in [1.807, 2.05) is 18.2 Å². The van der Waals surface area contributed by atoms with E-state index in [0.717, 1.165) is 62.8 Å². The number of carbonyl (C=O) groups is 1. The molecule has 1 N–H and O–H groups in total. The molecule has 132 valence electrons. The number of carbonyl (C=O) groups excluding carboxylic acids is 1. The molecule has 3 heterocycles. The molecule has 5 nitrogen and oxygen atoms in total. The Morgan fingerprint density at radius 1 is 1.33 bits per heavy atom. The van der Waals surface area contributed by atoms with E-state index >= 15 is 0 Å². The van der Waals surface area contributed by atoms with Crippen LogP contribution in [0.5, 0.6) is 0 Å². The summed E-state index contributed by atoms with van der Waals surface area (Å²) in [7, 11) is 0. The topological polar surface area (TPSA) is 54.5 Å². The highest BCUT2D eigenvalue weighted by Crippen LogP contribution is 2.23. The van der Waals surface area contributed by atoms with Crippen LogP contribution in [0.4, 0.5) is 0 Å². The molecule has 6 heteroatoms. The maximum atomic E-state index is 12.5. The van der Waals surface area contributed by atoms with Crippen LogP contribution in [-0.4, -0.2) is 60.4 Å². The highest BCUT2D eigenvalue weighted by atomic mass is 32.2. The number of likely N-dealkylation sites (tertiary alicyclic amines) is 1. The van der Waals surface area contributed by atoms with Gasteiger partial charge in [-0.3, -0.25) is 9.69 Å². The van der Waals surface area contributed by atoms with Crippen LogP contribution in [0.2, 0.25) is 0 Å². The third-order valence-corrected chi connectivity index (χ3v) is 5.77. The molecule has 1 atom stereocenters. The Kier molecular flexibility index (Phi) is 6.93. The maximum absolute atomic E-state index is 12.5. The Morgan fingerprint density at radius 2 is 2.21 bits per heavy atom. The fraction of sp³-hybridized carbons (Fsp3) is 0.667. The number of hydrogen-bond donors (Lipinski definition) is 1. The zero-order valence-electron chi connectivity index (χ0n) is 14.2. The number of thioether (sulfide) groups is 1. The molecular formula is C18H27N3O2S. The van der Waals surface area contributed by atoms with Crippen LogP contribution in [0.15, 0.2) is 29.4 Å². The van der Waals surface area contributed by atoms with Crippen LogP contribution in [0, 0.1) is 5.92 Å². The molecule has 3 rings (SSSR count). The van der Waals surface area contributed by atoms with Gasteiger partial charge in [0.25, 0.3) is 0 Å². The lowest BCUT2D eigenvalue weighted by Gasteiger charge is -2.39. The fourth-order valence-electron chi connectivity index (χ4n) is 3.51. The monoisotopic (exact) mass is 349 g/mol. The second kappa shape index (κ2) is 9.39. The molecule has 0 saturated carbocycles. The summed E-state index contributed by atoms with van der Waals surface area (Å²) in [5.41, 5.74) is 0. The van der Waals surface area contributed by atoms with Crippen LogP contribution < -0.4 is 5.32 Å². The molecule has 2 aliphatic heterocycles. The summed E-state index contributed by atoms with van der Waals surface area (Å²) >= 11 is 1.68. The van der Waals surface area contributed by atoms with Gasteiger partial charge in [-0.15, -0.1) is 11.8 Å². The highest BCUT2D eigenvalue weighted by Gasteiger charge is 2.30. The largest absolute Gasteiger partial charge is 0.381 e. The van der Waals surface area contributed by atoms with E-state index in [0.29, 0.717) is 12.6 Å². The second-order valence-corrected chi connectivity index (χ2v) is 7.60. The van der Waals surface area contributed by atoms with Gasteiger partial charge in [0, 0.05) is 44.3 Å². The predicted molar refractivity (Wildman–Crippen MR) is 96.1 cm³/mol. The first kappa shape index (κ1) is 17.7. The Balaban J connectivity index is 1.38. The quantitative estimate of drug-likeness (QED) is 0.630. The van der Waals surface area contributed by atoms with Gasteiger partial charge in [0.1, 0.15) is 0 Å². The van der Waals surface area contributed by atoms with Crippen molar-refractivity contribution in [1.82, 2.24) is 15.2 Å². The van der Waals surface area contributed by atoms with Crippen LogP contribution >= 0.6 is 11.8 Å². The average Bonchev–Trinajstić information content (AvgIpc) is 2.67. The van der Waals surface area contributed by atoms with Crippen molar-refractivity contribution in [3.05, 3.63) is 24.4 Å². The first-order valence-corrected chi connectivity index (χ1v) is 9.95. The lowest BCUT2D eigenvalue weighted by Crippen LogP contribution is -2.48. The van der Waals surface area contributed by atoms with Gasteiger partial charge in [-0.1, -0.05) is 6.07 Å². The summed E-state index contributed by atoms with van der Waals surface area (Å²) in [6.07, 6.45) is 6.15. The van der Waals surface area contributed by atoms with Crippen LogP contribution in [0.3, 0.4) is 0 Å². The van der Waals surface area contributed by atoms with E-state index in [9.17, 15) is 4.79 Å². The van der Waals surface area contributed by atoms with Gasteiger partial charge >= 0.3 is 0 Å². The molecule has 2 aliphatic rings. The minimum absolute atomic E-state index is 0.140. The molecule has 1 amide bonds. The molecule has 1 aromatic heterocycles. The van der Waals surface area contributed by atoms with Crippen molar-refractivity contribution in [2.75, 3.05) is 38.6 Å². The number of piperidine rings is 1. The second-order valence-electron chi connectivity index (χ2n) is 6.49. The van der Waals surface area contributed by atoms with Gasteiger partial charge in [-0.05, 0) is 44.4 Å². The van der Waals surface area contributed by atoms with Crippen molar-refractivity contribution in [3.63, 3.8) is 0 Å². The number of pyridine rings is 1. The minimum Gasteiger partial charge on any atom is -0.381 e. The van der Waals surface area contributed by atoms with E-state index in [4.69, 9.17) is 4.74 Å². The smallest absolute Gasteiger partial charge is 0.224 e. The number of hydrogen-bond acceptors (Lipinski definition) is 5. The van der Waals surface area contributed by atoms with Crippen molar-refractivity contribution in [2.45, 2.75) is 36.8 Å². The minimum atomic E-state index is 0.140. The molecule has 2 fully saturated rings. The van der Waals surface area contributed by atoms with Gasteiger partial charge in [0.05, 0.1) is 10.9 Å². The molecule has 0 aliphatic carbocycles. The average molecular weight is 350 g/mol. The normalized spacial score (nSPS) is 23.1. The Morgan fingerprint density at radius 3 is 3.00 bits per heavy atom. The van der Waals surface area contributed by atoms with E-state index in [2.05, 4.69) is 15.2 Å². The number of nitrogens with zero attached hydrogens (tertiary/aromatic N) is 2. The SMILES string of the molecule is O=C(NCCSc1ccccn1)[C@@H]1CCCN(C2CCOCC2)C1. The first-order chi connectivity index (χ1) is 11.8. The molecule has 0 spiro atoms. The number of amides is 1. The van der Waals surface area contributed by atoms with Gasteiger partial charge in [0.2, 0.25) is 5.91 Å². The summed E-state index contributed by atoms with van der Waals surface area (Å²) in [4.78, 5) is 19.2. The molecular weight excluding hydrogens is 322 g/mol. The predicted octanol–water partition coefficient (Wildman–Crippen LogP) is 2.18. The molecule has 0 bridgehead atoms. The summed E-state index contributed by atoms with van der Waals surface area (Å²) in [5.74, 6) is 1.22. The lowest BCUT2D eigenvalue weighted by atomic mass is 9.94.